The van der Waals surface area contributed by atoms with Crippen molar-refractivity contribution in [1.29, 1.82) is 0 Å². The summed E-state index contributed by atoms with van der Waals surface area (Å²) in [6.07, 6.45) is 5.58. The molecule has 0 aliphatic carbocycles. The molecule has 0 aromatic heterocycles. The fourth-order valence-corrected chi connectivity index (χ4v) is 2.07. The number of carbonyl (C=O) groups excluding carboxylic acids is 1. The molecule has 2 N–H and O–H groups in total. The summed E-state index contributed by atoms with van der Waals surface area (Å²) in [6, 6.07) is 5.39. The summed E-state index contributed by atoms with van der Waals surface area (Å²) in [6.45, 7) is 1.73. The van der Waals surface area contributed by atoms with E-state index in [4.69, 9.17) is 10.5 Å². The Labute approximate surface area is 107 Å². The van der Waals surface area contributed by atoms with Crippen LogP contribution in [-0.2, 0) is 4.79 Å². The molecule has 1 amide bonds. The number of nitrogen functional groups attached to an aromatic ring is 1. The van der Waals surface area contributed by atoms with Crippen LogP contribution in [0.1, 0.15) is 18.4 Å². The van der Waals surface area contributed by atoms with E-state index < -0.39 is 0 Å². The average Bonchev–Trinajstić information content (AvgIpc) is 2.90. The Kier molecular flexibility index (Phi) is 3.87. The summed E-state index contributed by atoms with van der Waals surface area (Å²) < 4.78 is 5.23. The molecule has 1 heterocycles. The number of rotatable bonds is 3. The Morgan fingerprint density at radius 2 is 2.11 bits per heavy atom. The van der Waals surface area contributed by atoms with Crippen molar-refractivity contribution in [2.45, 2.75) is 12.8 Å². The van der Waals surface area contributed by atoms with E-state index in [0.717, 1.165) is 31.5 Å². The van der Waals surface area contributed by atoms with Gasteiger partial charge in [-0.05, 0) is 31.1 Å². The highest BCUT2D eigenvalue weighted by Gasteiger charge is 2.15. The van der Waals surface area contributed by atoms with Gasteiger partial charge in [0.2, 0.25) is 5.91 Å². The minimum atomic E-state index is 0.0615. The summed E-state index contributed by atoms with van der Waals surface area (Å²) in [4.78, 5) is 13.7. The lowest BCUT2D eigenvalue weighted by Crippen LogP contribution is -2.25. The second kappa shape index (κ2) is 5.58. The normalized spacial score (nSPS) is 15.3. The zero-order chi connectivity index (χ0) is 13.0. The van der Waals surface area contributed by atoms with Crippen LogP contribution in [0, 0.1) is 0 Å². The first kappa shape index (κ1) is 12.5. The number of hydrogen-bond acceptors (Lipinski definition) is 3. The maximum absolute atomic E-state index is 11.9. The van der Waals surface area contributed by atoms with E-state index in [2.05, 4.69) is 0 Å². The molecule has 0 unspecified atom stereocenters. The minimum absolute atomic E-state index is 0.0615. The Bertz CT molecular complexity index is 463. The standard InChI is InChI=1S/C14H18N2O2/c1-18-13-10-12(15)6-4-11(13)5-7-14(17)16-8-2-3-9-16/h4-7,10H,2-3,8-9,15H2,1H3. The third kappa shape index (κ3) is 2.83. The van der Waals surface area contributed by atoms with Crippen molar-refractivity contribution in [3.8, 4) is 5.75 Å². The summed E-state index contributed by atoms with van der Waals surface area (Å²) >= 11 is 0. The maximum Gasteiger partial charge on any atom is 0.246 e. The topological polar surface area (TPSA) is 55.6 Å². The van der Waals surface area contributed by atoms with Gasteiger partial charge < -0.3 is 15.4 Å². The molecular weight excluding hydrogens is 228 g/mol. The number of nitrogens with two attached hydrogens (primary N) is 1. The fourth-order valence-electron chi connectivity index (χ4n) is 2.07. The van der Waals surface area contributed by atoms with Gasteiger partial charge in [0, 0.05) is 36.5 Å². The van der Waals surface area contributed by atoms with Crippen LogP contribution in [0.5, 0.6) is 5.75 Å². The second-order valence-corrected chi connectivity index (χ2v) is 4.37. The van der Waals surface area contributed by atoms with Crippen molar-refractivity contribution < 1.29 is 9.53 Å². The van der Waals surface area contributed by atoms with Crippen LogP contribution >= 0.6 is 0 Å². The van der Waals surface area contributed by atoms with Gasteiger partial charge in [-0.25, -0.2) is 0 Å². The average molecular weight is 246 g/mol. The summed E-state index contributed by atoms with van der Waals surface area (Å²) in [5, 5.41) is 0. The Morgan fingerprint density at radius 1 is 1.39 bits per heavy atom. The molecule has 4 heteroatoms. The number of likely N-dealkylation sites (tertiary alicyclic amines) is 1. The molecule has 1 aromatic carbocycles. The number of benzene rings is 1. The first-order chi connectivity index (χ1) is 8.70. The van der Waals surface area contributed by atoms with Gasteiger partial charge >= 0.3 is 0 Å². The molecule has 2 rings (SSSR count). The molecule has 1 aliphatic heterocycles. The lowest BCUT2D eigenvalue weighted by molar-refractivity contribution is -0.124. The lowest BCUT2D eigenvalue weighted by Gasteiger charge is -2.12. The van der Waals surface area contributed by atoms with Crippen molar-refractivity contribution in [1.82, 2.24) is 4.90 Å². The molecular formula is C14H18N2O2. The van der Waals surface area contributed by atoms with Crippen molar-refractivity contribution in [2.24, 2.45) is 0 Å². The molecule has 96 valence electrons. The molecule has 0 spiro atoms. The van der Waals surface area contributed by atoms with Gasteiger partial charge in [-0.2, -0.15) is 0 Å². The molecule has 1 saturated heterocycles. The quantitative estimate of drug-likeness (QED) is 0.654. The van der Waals surface area contributed by atoms with Crippen LogP contribution in [0.4, 0.5) is 5.69 Å². The van der Waals surface area contributed by atoms with E-state index in [-0.39, 0.29) is 5.91 Å². The van der Waals surface area contributed by atoms with Gasteiger partial charge in [0.1, 0.15) is 5.75 Å². The Balaban J connectivity index is 2.10. The highest BCUT2D eigenvalue weighted by molar-refractivity contribution is 5.92. The fraction of sp³-hybridized carbons (Fsp3) is 0.357. The van der Waals surface area contributed by atoms with Gasteiger partial charge in [0.05, 0.1) is 7.11 Å². The third-order valence-corrected chi connectivity index (χ3v) is 3.08. The molecule has 18 heavy (non-hydrogen) atoms. The first-order valence-corrected chi connectivity index (χ1v) is 6.11. The van der Waals surface area contributed by atoms with Crippen LogP contribution in [0.3, 0.4) is 0 Å². The molecule has 0 atom stereocenters. The molecule has 1 fully saturated rings. The van der Waals surface area contributed by atoms with E-state index in [9.17, 15) is 4.79 Å². The molecule has 0 saturated carbocycles. The van der Waals surface area contributed by atoms with Gasteiger partial charge in [-0.15, -0.1) is 0 Å². The zero-order valence-electron chi connectivity index (χ0n) is 10.6. The van der Waals surface area contributed by atoms with Gasteiger partial charge in [0.15, 0.2) is 0 Å². The predicted molar refractivity (Wildman–Crippen MR) is 72.3 cm³/mol. The van der Waals surface area contributed by atoms with Crippen LogP contribution in [0.25, 0.3) is 6.08 Å². The monoisotopic (exact) mass is 246 g/mol. The van der Waals surface area contributed by atoms with E-state index in [1.165, 1.54) is 0 Å². The molecule has 0 bridgehead atoms. The molecule has 4 nitrogen and oxygen atoms in total. The number of methoxy groups -OCH3 is 1. The first-order valence-electron chi connectivity index (χ1n) is 6.11. The van der Waals surface area contributed by atoms with Crippen LogP contribution in [-0.4, -0.2) is 31.0 Å². The van der Waals surface area contributed by atoms with Gasteiger partial charge in [-0.1, -0.05) is 0 Å². The van der Waals surface area contributed by atoms with E-state index >= 15 is 0 Å². The smallest absolute Gasteiger partial charge is 0.246 e. The SMILES string of the molecule is COc1cc(N)ccc1C=CC(=O)N1CCCC1. The van der Waals surface area contributed by atoms with Crippen LogP contribution in [0.2, 0.25) is 0 Å². The number of hydrogen-bond donors (Lipinski definition) is 1. The van der Waals surface area contributed by atoms with Crippen LogP contribution in [0.15, 0.2) is 24.3 Å². The van der Waals surface area contributed by atoms with Gasteiger partial charge in [-0.3, -0.25) is 4.79 Å². The van der Waals surface area contributed by atoms with Crippen molar-refractivity contribution >= 4 is 17.7 Å². The summed E-state index contributed by atoms with van der Waals surface area (Å²) in [7, 11) is 1.59. The Morgan fingerprint density at radius 3 is 2.78 bits per heavy atom. The number of anilines is 1. The highest BCUT2D eigenvalue weighted by Crippen LogP contribution is 2.22. The highest BCUT2D eigenvalue weighted by atomic mass is 16.5. The number of nitrogens with zero attached hydrogens (tertiary/aromatic N) is 1. The number of amides is 1. The molecule has 0 radical (unpaired) electrons. The lowest BCUT2D eigenvalue weighted by atomic mass is 10.1. The largest absolute Gasteiger partial charge is 0.496 e. The minimum Gasteiger partial charge on any atom is -0.496 e. The van der Waals surface area contributed by atoms with E-state index in [0.29, 0.717) is 11.4 Å². The van der Waals surface area contributed by atoms with Crippen molar-refractivity contribution in [3.05, 3.63) is 29.8 Å². The number of carbonyl (C=O) groups is 1. The predicted octanol–water partition coefficient (Wildman–Crippen LogP) is 1.91. The Hall–Kier alpha value is -1.97. The summed E-state index contributed by atoms with van der Waals surface area (Å²) in [5.41, 5.74) is 7.19. The third-order valence-electron chi connectivity index (χ3n) is 3.08. The molecule has 1 aliphatic rings. The van der Waals surface area contributed by atoms with E-state index in [1.807, 2.05) is 11.0 Å². The van der Waals surface area contributed by atoms with Crippen molar-refractivity contribution in [2.75, 3.05) is 25.9 Å². The second-order valence-electron chi connectivity index (χ2n) is 4.37. The summed E-state index contributed by atoms with van der Waals surface area (Å²) in [5.74, 6) is 0.742. The van der Waals surface area contributed by atoms with Crippen molar-refractivity contribution in [3.63, 3.8) is 0 Å². The van der Waals surface area contributed by atoms with Crippen LogP contribution < -0.4 is 10.5 Å². The zero-order valence-corrected chi connectivity index (χ0v) is 10.6. The molecule has 1 aromatic rings. The maximum atomic E-state index is 11.9. The van der Waals surface area contributed by atoms with Gasteiger partial charge in [0.25, 0.3) is 0 Å². The number of ether oxygens (including phenoxy) is 1. The van der Waals surface area contributed by atoms with E-state index in [1.54, 1.807) is 31.4 Å².